The predicted molar refractivity (Wildman–Crippen MR) is 81.8 cm³/mol. The van der Waals surface area contributed by atoms with Gasteiger partial charge in [-0.1, -0.05) is 35.9 Å². The number of rotatable bonds is 3. The second kappa shape index (κ2) is 6.02. The number of hydrazone groups is 1. The molecule has 0 unspecified atom stereocenters. The molecule has 1 amide bonds. The number of para-hydroxylation sites is 1. The fourth-order valence-electron chi connectivity index (χ4n) is 1.89. The summed E-state index contributed by atoms with van der Waals surface area (Å²) in [7, 11) is 0. The molecule has 0 heterocycles. The van der Waals surface area contributed by atoms with Gasteiger partial charge in [0.25, 0.3) is 5.91 Å². The Morgan fingerprint density at radius 1 is 1.20 bits per heavy atom. The van der Waals surface area contributed by atoms with Crippen molar-refractivity contribution in [2.24, 2.45) is 5.10 Å². The molecule has 0 atom stereocenters. The molecule has 0 radical (unpaired) electrons. The molecule has 0 bridgehead atoms. The highest BCUT2D eigenvalue weighted by molar-refractivity contribution is 5.99. The van der Waals surface area contributed by atoms with Crippen LogP contribution < -0.4 is 11.2 Å². The van der Waals surface area contributed by atoms with Crippen LogP contribution in [0.3, 0.4) is 0 Å². The van der Waals surface area contributed by atoms with Gasteiger partial charge < -0.3 is 5.73 Å². The number of nitrogens with zero attached hydrogens (tertiary/aromatic N) is 1. The maximum absolute atomic E-state index is 11.9. The number of hydrogen-bond acceptors (Lipinski definition) is 3. The standard InChI is InChI=1S/C16H17N3O/c1-11-7-8-13(12(2)9-11)10-18-19-16(20)14-5-3-4-6-15(14)17/h3-10H,17H2,1-2H3,(H,19,20). The summed E-state index contributed by atoms with van der Waals surface area (Å²) in [6.45, 7) is 4.04. The van der Waals surface area contributed by atoms with E-state index in [0.717, 1.165) is 11.1 Å². The molecule has 0 aromatic heterocycles. The van der Waals surface area contributed by atoms with E-state index in [0.29, 0.717) is 11.3 Å². The molecular weight excluding hydrogens is 250 g/mol. The summed E-state index contributed by atoms with van der Waals surface area (Å²) in [6.07, 6.45) is 1.63. The van der Waals surface area contributed by atoms with Crippen molar-refractivity contribution in [3.63, 3.8) is 0 Å². The number of benzene rings is 2. The lowest BCUT2D eigenvalue weighted by atomic mass is 10.1. The highest BCUT2D eigenvalue weighted by atomic mass is 16.2. The van der Waals surface area contributed by atoms with Gasteiger partial charge >= 0.3 is 0 Å². The quantitative estimate of drug-likeness (QED) is 0.510. The third kappa shape index (κ3) is 3.23. The molecule has 0 aliphatic carbocycles. The van der Waals surface area contributed by atoms with E-state index in [1.807, 2.05) is 26.0 Å². The van der Waals surface area contributed by atoms with E-state index in [4.69, 9.17) is 5.73 Å². The van der Waals surface area contributed by atoms with E-state index in [1.165, 1.54) is 5.56 Å². The average Bonchev–Trinajstić information content (AvgIpc) is 2.41. The number of hydrogen-bond donors (Lipinski definition) is 2. The van der Waals surface area contributed by atoms with Crippen molar-refractivity contribution in [1.29, 1.82) is 0 Å². The average molecular weight is 267 g/mol. The van der Waals surface area contributed by atoms with Gasteiger partial charge in [0.1, 0.15) is 0 Å². The molecule has 4 nitrogen and oxygen atoms in total. The number of carbonyl (C=O) groups is 1. The lowest BCUT2D eigenvalue weighted by Gasteiger charge is -2.04. The van der Waals surface area contributed by atoms with E-state index >= 15 is 0 Å². The van der Waals surface area contributed by atoms with Crippen LogP contribution in [-0.2, 0) is 0 Å². The highest BCUT2D eigenvalue weighted by Gasteiger charge is 2.06. The summed E-state index contributed by atoms with van der Waals surface area (Å²) in [5.41, 5.74) is 12.3. The fourth-order valence-corrected chi connectivity index (χ4v) is 1.89. The second-order valence-corrected chi connectivity index (χ2v) is 4.65. The maximum atomic E-state index is 11.9. The number of anilines is 1. The third-order valence-electron chi connectivity index (χ3n) is 3.00. The zero-order valence-corrected chi connectivity index (χ0v) is 11.6. The summed E-state index contributed by atoms with van der Waals surface area (Å²) in [6, 6.07) is 12.9. The van der Waals surface area contributed by atoms with Gasteiger partial charge in [-0.25, -0.2) is 5.43 Å². The Kier molecular flexibility index (Phi) is 4.15. The lowest BCUT2D eigenvalue weighted by Crippen LogP contribution is -2.19. The van der Waals surface area contributed by atoms with Gasteiger partial charge in [-0.15, -0.1) is 0 Å². The van der Waals surface area contributed by atoms with Crippen LogP contribution in [0.1, 0.15) is 27.0 Å². The van der Waals surface area contributed by atoms with Crippen LogP contribution in [0.15, 0.2) is 47.6 Å². The third-order valence-corrected chi connectivity index (χ3v) is 3.00. The molecule has 4 heteroatoms. The van der Waals surface area contributed by atoms with E-state index < -0.39 is 0 Å². The first-order valence-corrected chi connectivity index (χ1v) is 6.33. The zero-order valence-electron chi connectivity index (χ0n) is 11.6. The summed E-state index contributed by atoms with van der Waals surface area (Å²) in [4.78, 5) is 11.9. The van der Waals surface area contributed by atoms with Crippen LogP contribution in [0.2, 0.25) is 0 Å². The van der Waals surface area contributed by atoms with Crippen LogP contribution in [0, 0.1) is 13.8 Å². The van der Waals surface area contributed by atoms with Gasteiger partial charge in [-0.2, -0.15) is 5.10 Å². The molecule has 0 saturated carbocycles. The van der Waals surface area contributed by atoms with Crippen molar-refractivity contribution < 1.29 is 4.79 Å². The Bertz CT molecular complexity index is 663. The smallest absolute Gasteiger partial charge is 0.273 e. The van der Waals surface area contributed by atoms with E-state index in [1.54, 1.807) is 30.5 Å². The van der Waals surface area contributed by atoms with Crippen molar-refractivity contribution in [3.8, 4) is 0 Å². The number of aryl methyl sites for hydroxylation is 2. The first kappa shape index (κ1) is 13.8. The molecule has 20 heavy (non-hydrogen) atoms. The van der Waals surface area contributed by atoms with Crippen molar-refractivity contribution in [1.82, 2.24) is 5.43 Å². The highest BCUT2D eigenvalue weighted by Crippen LogP contribution is 2.10. The molecule has 2 aromatic carbocycles. The first-order chi connectivity index (χ1) is 9.58. The summed E-state index contributed by atoms with van der Waals surface area (Å²) in [5, 5.41) is 3.97. The minimum Gasteiger partial charge on any atom is -0.398 e. The number of carbonyl (C=O) groups excluding carboxylic acids is 1. The largest absolute Gasteiger partial charge is 0.398 e. The Morgan fingerprint density at radius 3 is 2.65 bits per heavy atom. The van der Waals surface area contributed by atoms with Crippen molar-refractivity contribution in [3.05, 3.63) is 64.7 Å². The van der Waals surface area contributed by atoms with E-state index in [-0.39, 0.29) is 5.91 Å². The monoisotopic (exact) mass is 267 g/mol. The maximum Gasteiger partial charge on any atom is 0.273 e. The summed E-state index contributed by atoms with van der Waals surface area (Å²) < 4.78 is 0. The minimum absolute atomic E-state index is 0.316. The Labute approximate surface area is 118 Å². The van der Waals surface area contributed by atoms with Crippen molar-refractivity contribution in [2.75, 3.05) is 5.73 Å². The van der Waals surface area contributed by atoms with Crippen LogP contribution in [-0.4, -0.2) is 12.1 Å². The molecule has 0 saturated heterocycles. The molecule has 102 valence electrons. The fraction of sp³-hybridized carbons (Fsp3) is 0.125. The van der Waals surface area contributed by atoms with Gasteiger partial charge in [0.05, 0.1) is 11.8 Å². The van der Waals surface area contributed by atoms with Gasteiger partial charge in [-0.3, -0.25) is 4.79 Å². The van der Waals surface area contributed by atoms with Crippen LogP contribution in [0.25, 0.3) is 0 Å². The summed E-state index contributed by atoms with van der Waals surface area (Å²) in [5.74, 6) is -0.316. The minimum atomic E-state index is -0.316. The molecule has 0 aliphatic rings. The Morgan fingerprint density at radius 2 is 1.95 bits per heavy atom. The molecule has 2 rings (SSSR count). The number of nitrogens with one attached hydrogen (secondary N) is 1. The van der Waals surface area contributed by atoms with E-state index in [2.05, 4.69) is 16.6 Å². The van der Waals surface area contributed by atoms with Crippen LogP contribution in [0.5, 0.6) is 0 Å². The molecule has 0 spiro atoms. The molecule has 3 N–H and O–H groups in total. The van der Waals surface area contributed by atoms with Gasteiger partial charge in [0.15, 0.2) is 0 Å². The SMILES string of the molecule is Cc1ccc(C=NNC(=O)c2ccccc2N)c(C)c1. The van der Waals surface area contributed by atoms with Gasteiger partial charge in [0.2, 0.25) is 0 Å². The summed E-state index contributed by atoms with van der Waals surface area (Å²) >= 11 is 0. The van der Waals surface area contributed by atoms with Crippen LogP contribution >= 0.6 is 0 Å². The van der Waals surface area contributed by atoms with Crippen molar-refractivity contribution in [2.45, 2.75) is 13.8 Å². The number of nitrogens with two attached hydrogens (primary N) is 1. The van der Waals surface area contributed by atoms with Crippen LogP contribution in [0.4, 0.5) is 5.69 Å². The predicted octanol–water partition coefficient (Wildman–Crippen LogP) is 2.65. The number of amides is 1. The number of nitrogen functional groups attached to an aromatic ring is 1. The molecular formula is C16H17N3O. The van der Waals surface area contributed by atoms with Gasteiger partial charge in [0, 0.05) is 5.69 Å². The topological polar surface area (TPSA) is 67.5 Å². The molecule has 0 fully saturated rings. The Hall–Kier alpha value is -2.62. The zero-order chi connectivity index (χ0) is 14.5. The van der Waals surface area contributed by atoms with Gasteiger partial charge in [-0.05, 0) is 37.1 Å². The second-order valence-electron chi connectivity index (χ2n) is 4.65. The molecule has 2 aromatic rings. The lowest BCUT2D eigenvalue weighted by molar-refractivity contribution is 0.0956. The van der Waals surface area contributed by atoms with Crippen molar-refractivity contribution >= 4 is 17.8 Å². The Balaban J connectivity index is 2.07. The normalized spacial score (nSPS) is 10.7. The van der Waals surface area contributed by atoms with E-state index in [9.17, 15) is 4.79 Å². The first-order valence-electron chi connectivity index (χ1n) is 6.33. The molecule has 0 aliphatic heterocycles.